The predicted octanol–water partition coefficient (Wildman–Crippen LogP) is 2.13. The van der Waals surface area contributed by atoms with E-state index in [-0.39, 0.29) is 17.1 Å². The molecule has 0 aromatic heterocycles. The molecule has 1 aliphatic rings. The SMILES string of the molecule is CCOC(OS(=O)(=O)c1ccc(C)cc1)C(=O)C1C=CC=CC1=C=O. The Morgan fingerprint density at radius 3 is 2.52 bits per heavy atom. The molecule has 0 heterocycles. The van der Waals surface area contributed by atoms with E-state index in [1.54, 1.807) is 37.1 Å². The van der Waals surface area contributed by atoms with E-state index in [0.717, 1.165) is 5.56 Å². The van der Waals surface area contributed by atoms with E-state index in [9.17, 15) is 18.0 Å². The molecule has 6 nitrogen and oxygen atoms in total. The van der Waals surface area contributed by atoms with Gasteiger partial charge in [0.05, 0.1) is 16.4 Å². The quantitative estimate of drug-likeness (QED) is 0.420. The molecule has 0 spiro atoms. The topological polar surface area (TPSA) is 86.7 Å². The van der Waals surface area contributed by atoms with Crippen molar-refractivity contribution >= 4 is 21.8 Å². The molecule has 2 rings (SSSR count). The summed E-state index contributed by atoms with van der Waals surface area (Å²) < 4.78 is 35.0. The van der Waals surface area contributed by atoms with Crippen LogP contribution >= 0.6 is 0 Å². The van der Waals surface area contributed by atoms with Gasteiger partial charge in [-0.1, -0.05) is 35.9 Å². The summed E-state index contributed by atoms with van der Waals surface area (Å²) in [4.78, 5) is 23.5. The second kappa shape index (κ2) is 8.18. The van der Waals surface area contributed by atoms with Gasteiger partial charge in [-0.2, -0.15) is 8.42 Å². The summed E-state index contributed by atoms with van der Waals surface area (Å²) in [6, 6.07) is 6.02. The molecule has 7 heteroatoms. The Balaban J connectivity index is 2.27. The van der Waals surface area contributed by atoms with Gasteiger partial charge in [-0.25, -0.2) is 8.98 Å². The van der Waals surface area contributed by atoms with Crippen molar-refractivity contribution in [2.45, 2.75) is 25.0 Å². The molecular weight excluding hydrogens is 344 g/mol. The average molecular weight is 362 g/mol. The first-order valence-corrected chi connectivity index (χ1v) is 9.05. The van der Waals surface area contributed by atoms with Gasteiger partial charge in [0.1, 0.15) is 5.94 Å². The van der Waals surface area contributed by atoms with Crippen LogP contribution in [0.5, 0.6) is 0 Å². The molecule has 1 aromatic rings. The summed E-state index contributed by atoms with van der Waals surface area (Å²) in [7, 11) is -4.20. The van der Waals surface area contributed by atoms with Gasteiger partial charge in [0.2, 0.25) is 12.1 Å². The van der Waals surface area contributed by atoms with Crippen LogP contribution in [-0.2, 0) is 28.6 Å². The molecule has 132 valence electrons. The van der Waals surface area contributed by atoms with E-state index in [2.05, 4.69) is 0 Å². The lowest BCUT2D eigenvalue weighted by atomic mass is 9.91. The molecule has 2 unspecified atom stereocenters. The molecule has 0 N–H and O–H groups in total. The smallest absolute Gasteiger partial charge is 0.299 e. The lowest BCUT2D eigenvalue weighted by molar-refractivity contribution is -0.150. The predicted molar refractivity (Wildman–Crippen MR) is 90.8 cm³/mol. The fourth-order valence-electron chi connectivity index (χ4n) is 2.22. The number of ketones is 1. The Kier molecular flexibility index (Phi) is 6.22. The zero-order valence-electron chi connectivity index (χ0n) is 13.8. The maximum Gasteiger partial charge on any atom is 0.299 e. The van der Waals surface area contributed by atoms with Crippen LogP contribution in [0, 0.1) is 12.8 Å². The molecule has 0 radical (unpaired) electrons. The van der Waals surface area contributed by atoms with Gasteiger partial charge < -0.3 is 4.74 Å². The van der Waals surface area contributed by atoms with Crippen molar-refractivity contribution < 1.29 is 26.9 Å². The second-order valence-corrected chi connectivity index (χ2v) is 6.90. The zero-order chi connectivity index (χ0) is 18.4. The summed E-state index contributed by atoms with van der Waals surface area (Å²) in [6.45, 7) is 3.49. The number of carbonyl (C=O) groups excluding carboxylic acids is 2. The van der Waals surface area contributed by atoms with Crippen LogP contribution in [0.3, 0.4) is 0 Å². The maximum absolute atomic E-state index is 12.6. The zero-order valence-corrected chi connectivity index (χ0v) is 14.7. The fraction of sp³-hybridized carbons (Fsp3) is 0.278. The first-order chi connectivity index (χ1) is 11.9. The minimum absolute atomic E-state index is 0.0617. The minimum Gasteiger partial charge on any atom is -0.345 e. The fourth-order valence-corrected chi connectivity index (χ4v) is 3.18. The third-order valence-corrected chi connectivity index (χ3v) is 4.80. The number of rotatable bonds is 7. The van der Waals surface area contributed by atoms with Crippen LogP contribution in [0.1, 0.15) is 12.5 Å². The van der Waals surface area contributed by atoms with E-state index < -0.39 is 28.1 Å². The van der Waals surface area contributed by atoms with Crippen molar-refractivity contribution in [3.63, 3.8) is 0 Å². The molecular formula is C18H18O6S. The summed E-state index contributed by atoms with van der Waals surface area (Å²) >= 11 is 0. The van der Waals surface area contributed by atoms with Gasteiger partial charge in [-0.3, -0.25) is 4.79 Å². The van der Waals surface area contributed by atoms with Crippen LogP contribution < -0.4 is 0 Å². The lowest BCUT2D eigenvalue weighted by Crippen LogP contribution is -2.35. The lowest BCUT2D eigenvalue weighted by Gasteiger charge is -2.21. The number of Topliss-reactive ketones (excluding diaryl/α,β-unsaturated/α-hetero) is 1. The Bertz CT molecular complexity index is 842. The Labute approximate surface area is 146 Å². The van der Waals surface area contributed by atoms with Crippen molar-refractivity contribution in [3.8, 4) is 0 Å². The van der Waals surface area contributed by atoms with Crippen LogP contribution in [0.15, 0.2) is 59.0 Å². The number of allylic oxidation sites excluding steroid dienone is 5. The van der Waals surface area contributed by atoms with Crippen molar-refractivity contribution in [2.75, 3.05) is 6.61 Å². The number of benzene rings is 1. The number of ether oxygens (including phenoxy) is 1. The average Bonchev–Trinajstić information content (AvgIpc) is 2.61. The molecule has 1 aliphatic carbocycles. The van der Waals surface area contributed by atoms with Gasteiger partial charge in [0.25, 0.3) is 10.1 Å². The minimum atomic E-state index is -4.20. The maximum atomic E-state index is 12.6. The number of hydrogen-bond donors (Lipinski definition) is 0. The van der Waals surface area contributed by atoms with Gasteiger partial charge in [0, 0.05) is 6.61 Å². The molecule has 2 atom stereocenters. The molecule has 0 saturated heterocycles. The van der Waals surface area contributed by atoms with Crippen molar-refractivity contribution in [1.29, 1.82) is 0 Å². The summed E-state index contributed by atoms with van der Waals surface area (Å²) in [5.41, 5.74) is 0.977. The monoisotopic (exact) mass is 362 g/mol. The van der Waals surface area contributed by atoms with E-state index in [1.807, 2.05) is 6.92 Å². The van der Waals surface area contributed by atoms with Crippen molar-refractivity contribution in [3.05, 3.63) is 59.7 Å². The van der Waals surface area contributed by atoms with Gasteiger partial charge >= 0.3 is 0 Å². The molecule has 0 fully saturated rings. The highest BCUT2D eigenvalue weighted by Crippen LogP contribution is 2.23. The highest BCUT2D eigenvalue weighted by Gasteiger charge is 2.34. The number of carbonyl (C=O) groups is 1. The van der Waals surface area contributed by atoms with Crippen LogP contribution in [-0.4, -0.2) is 33.0 Å². The summed E-state index contributed by atoms with van der Waals surface area (Å²) in [5, 5.41) is 0. The standard InChI is InChI=1S/C18H18O6S/c1-3-23-18(17(20)16-7-5-4-6-14(16)12-19)24-25(21,22)15-10-8-13(2)9-11-15/h4-11,16,18H,3H2,1-2H3. The Morgan fingerprint density at radius 1 is 1.24 bits per heavy atom. The first kappa shape index (κ1) is 19.0. The summed E-state index contributed by atoms with van der Waals surface area (Å²) in [5.74, 6) is 0.0305. The van der Waals surface area contributed by atoms with Gasteiger partial charge in [-0.05, 0) is 32.1 Å². The third-order valence-electron chi connectivity index (χ3n) is 3.52. The molecule has 0 aliphatic heterocycles. The normalized spacial score (nSPS) is 18.0. The largest absolute Gasteiger partial charge is 0.345 e. The highest BCUT2D eigenvalue weighted by molar-refractivity contribution is 7.86. The number of hydrogen-bond acceptors (Lipinski definition) is 6. The van der Waals surface area contributed by atoms with Crippen LogP contribution in [0.2, 0.25) is 0 Å². The van der Waals surface area contributed by atoms with E-state index >= 15 is 0 Å². The van der Waals surface area contributed by atoms with E-state index in [0.29, 0.717) is 0 Å². The number of aryl methyl sites for hydroxylation is 1. The Hall–Kier alpha value is -2.31. The Morgan fingerprint density at radius 2 is 1.92 bits per heavy atom. The van der Waals surface area contributed by atoms with Gasteiger partial charge in [-0.15, -0.1) is 0 Å². The van der Waals surface area contributed by atoms with Crippen molar-refractivity contribution in [1.82, 2.24) is 0 Å². The van der Waals surface area contributed by atoms with Crippen LogP contribution in [0.25, 0.3) is 0 Å². The second-order valence-electron chi connectivity index (χ2n) is 5.33. The molecule has 0 saturated carbocycles. The molecule has 25 heavy (non-hydrogen) atoms. The highest BCUT2D eigenvalue weighted by atomic mass is 32.2. The third kappa shape index (κ3) is 4.61. The van der Waals surface area contributed by atoms with Crippen molar-refractivity contribution in [2.24, 2.45) is 5.92 Å². The first-order valence-electron chi connectivity index (χ1n) is 7.64. The van der Waals surface area contributed by atoms with E-state index in [4.69, 9.17) is 8.92 Å². The summed E-state index contributed by atoms with van der Waals surface area (Å²) in [6.07, 6.45) is 4.43. The van der Waals surface area contributed by atoms with E-state index in [1.165, 1.54) is 24.3 Å². The molecule has 1 aromatic carbocycles. The van der Waals surface area contributed by atoms with Gasteiger partial charge in [0.15, 0.2) is 0 Å². The molecule has 0 bridgehead atoms. The van der Waals surface area contributed by atoms with Crippen LogP contribution in [0.4, 0.5) is 0 Å². The molecule has 0 amide bonds.